The normalized spacial score (nSPS) is 24.0. The first-order valence-corrected chi connectivity index (χ1v) is 3.70. The Morgan fingerprint density at radius 3 is 1.89 bits per heavy atom. The molecule has 1 aliphatic rings. The molecular weight excluding hydrogens is 112 g/mol. The first kappa shape index (κ1) is 7.07. The summed E-state index contributed by atoms with van der Waals surface area (Å²) in [5.41, 5.74) is 0.0984. The predicted octanol–water partition coefficient (Wildman–Crippen LogP) is 1.80. The third-order valence-corrected chi connectivity index (χ3v) is 1.96. The smallest absolute Gasteiger partial charge is 0.0616 e. The fourth-order valence-electron chi connectivity index (χ4n) is 1.12. The van der Waals surface area contributed by atoms with Crippen LogP contribution < -0.4 is 0 Å². The van der Waals surface area contributed by atoms with Gasteiger partial charge in [-0.05, 0) is 24.2 Å². The van der Waals surface area contributed by atoms with E-state index >= 15 is 0 Å². The molecule has 1 unspecified atom stereocenters. The Morgan fingerprint density at radius 2 is 1.78 bits per heavy atom. The number of hydrogen-bond acceptors (Lipinski definition) is 1. The van der Waals surface area contributed by atoms with Gasteiger partial charge in [-0.3, -0.25) is 0 Å². The van der Waals surface area contributed by atoms with Crippen molar-refractivity contribution in [1.82, 2.24) is 0 Å². The minimum absolute atomic E-state index is 0.0718. The van der Waals surface area contributed by atoms with Crippen molar-refractivity contribution in [2.75, 3.05) is 0 Å². The predicted molar refractivity (Wildman–Crippen MR) is 38.2 cm³/mol. The molecule has 1 saturated carbocycles. The fourth-order valence-corrected chi connectivity index (χ4v) is 1.12. The summed E-state index contributed by atoms with van der Waals surface area (Å²) in [4.78, 5) is 0. The zero-order valence-corrected chi connectivity index (χ0v) is 6.52. The first-order valence-electron chi connectivity index (χ1n) is 3.70. The van der Waals surface area contributed by atoms with Crippen LogP contribution in [0.15, 0.2) is 0 Å². The highest BCUT2D eigenvalue weighted by atomic mass is 16.3. The average Bonchev–Trinajstić information content (AvgIpc) is 2.40. The third-order valence-electron chi connectivity index (χ3n) is 1.96. The molecule has 1 nitrogen and oxygen atoms in total. The minimum Gasteiger partial charge on any atom is -0.392 e. The van der Waals surface area contributed by atoms with E-state index in [-0.39, 0.29) is 11.5 Å². The van der Waals surface area contributed by atoms with E-state index in [4.69, 9.17) is 0 Å². The van der Waals surface area contributed by atoms with Gasteiger partial charge in [0.1, 0.15) is 0 Å². The van der Waals surface area contributed by atoms with Crippen molar-refractivity contribution in [3.8, 4) is 0 Å². The summed E-state index contributed by atoms with van der Waals surface area (Å²) in [7, 11) is 0. The van der Waals surface area contributed by atoms with Crippen molar-refractivity contribution in [2.45, 2.75) is 39.7 Å². The fraction of sp³-hybridized carbons (Fsp3) is 1.00. The van der Waals surface area contributed by atoms with E-state index in [1.165, 1.54) is 12.8 Å². The molecule has 1 aliphatic carbocycles. The van der Waals surface area contributed by atoms with Crippen LogP contribution in [0.4, 0.5) is 0 Å². The van der Waals surface area contributed by atoms with Gasteiger partial charge in [-0.1, -0.05) is 20.8 Å². The van der Waals surface area contributed by atoms with Gasteiger partial charge in [-0.2, -0.15) is 0 Å². The van der Waals surface area contributed by atoms with Gasteiger partial charge in [-0.15, -0.1) is 0 Å². The highest BCUT2D eigenvalue weighted by Gasteiger charge is 2.36. The zero-order chi connectivity index (χ0) is 7.07. The molecule has 1 heteroatoms. The van der Waals surface area contributed by atoms with Crippen molar-refractivity contribution >= 4 is 0 Å². The molecule has 0 aromatic rings. The summed E-state index contributed by atoms with van der Waals surface area (Å²) < 4.78 is 0. The highest BCUT2D eigenvalue weighted by Crippen LogP contribution is 2.39. The van der Waals surface area contributed by atoms with Crippen molar-refractivity contribution < 1.29 is 5.11 Å². The van der Waals surface area contributed by atoms with Gasteiger partial charge in [0, 0.05) is 0 Å². The standard InChI is InChI=1S/C8H16O/c1-8(2,3)7(9)6-4-5-6/h6-7,9H,4-5H2,1-3H3. The lowest BCUT2D eigenvalue weighted by Crippen LogP contribution is -2.27. The molecule has 0 aromatic carbocycles. The maximum absolute atomic E-state index is 9.53. The molecular formula is C8H16O. The first-order chi connectivity index (χ1) is 4.02. The van der Waals surface area contributed by atoms with Crippen molar-refractivity contribution in [1.29, 1.82) is 0 Å². The van der Waals surface area contributed by atoms with E-state index in [2.05, 4.69) is 20.8 Å². The Bertz CT molecular complexity index is 97.6. The topological polar surface area (TPSA) is 20.2 Å². The SMILES string of the molecule is CC(C)(C)C(O)C1CC1. The minimum atomic E-state index is -0.0718. The molecule has 0 aromatic heterocycles. The molecule has 0 bridgehead atoms. The van der Waals surface area contributed by atoms with E-state index in [9.17, 15) is 5.11 Å². The van der Waals surface area contributed by atoms with Gasteiger partial charge < -0.3 is 5.11 Å². The molecule has 0 spiro atoms. The zero-order valence-electron chi connectivity index (χ0n) is 6.52. The number of rotatable bonds is 1. The molecule has 0 heterocycles. The Hall–Kier alpha value is -0.0400. The van der Waals surface area contributed by atoms with Crippen LogP contribution >= 0.6 is 0 Å². The molecule has 54 valence electrons. The highest BCUT2D eigenvalue weighted by molar-refractivity contribution is 4.87. The van der Waals surface area contributed by atoms with Crippen molar-refractivity contribution in [3.05, 3.63) is 0 Å². The second-order valence-corrected chi connectivity index (χ2v) is 4.15. The summed E-state index contributed by atoms with van der Waals surface area (Å²) >= 11 is 0. The van der Waals surface area contributed by atoms with Gasteiger partial charge in [-0.25, -0.2) is 0 Å². The summed E-state index contributed by atoms with van der Waals surface area (Å²) in [5.74, 6) is 0.616. The number of hydrogen-bond donors (Lipinski definition) is 1. The summed E-state index contributed by atoms with van der Waals surface area (Å²) in [6.07, 6.45) is 2.40. The van der Waals surface area contributed by atoms with Gasteiger partial charge in [0.15, 0.2) is 0 Å². The Morgan fingerprint density at radius 1 is 1.33 bits per heavy atom. The van der Waals surface area contributed by atoms with Crippen LogP contribution in [-0.2, 0) is 0 Å². The van der Waals surface area contributed by atoms with Crippen molar-refractivity contribution in [3.63, 3.8) is 0 Å². The van der Waals surface area contributed by atoms with Crippen LogP contribution in [0.1, 0.15) is 33.6 Å². The van der Waals surface area contributed by atoms with Crippen LogP contribution in [0.2, 0.25) is 0 Å². The summed E-state index contributed by atoms with van der Waals surface area (Å²) in [6.45, 7) is 6.28. The lowest BCUT2D eigenvalue weighted by Gasteiger charge is -2.25. The van der Waals surface area contributed by atoms with Gasteiger partial charge in [0.05, 0.1) is 6.10 Å². The largest absolute Gasteiger partial charge is 0.392 e. The van der Waals surface area contributed by atoms with E-state index in [0.717, 1.165) is 0 Å². The molecule has 1 fully saturated rings. The third kappa shape index (κ3) is 1.68. The molecule has 1 atom stereocenters. The second-order valence-electron chi connectivity index (χ2n) is 4.15. The number of aliphatic hydroxyl groups excluding tert-OH is 1. The van der Waals surface area contributed by atoms with Gasteiger partial charge in [0.2, 0.25) is 0 Å². The van der Waals surface area contributed by atoms with Gasteiger partial charge in [0.25, 0.3) is 0 Å². The maximum atomic E-state index is 9.53. The molecule has 0 radical (unpaired) electrons. The van der Waals surface area contributed by atoms with Crippen LogP contribution in [0.5, 0.6) is 0 Å². The quantitative estimate of drug-likeness (QED) is 0.571. The molecule has 9 heavy (non-hydrogen) atoms. The molecule has 0 saturated heterocycles. The van der Waals surface area contributed by atoms with Crippen LogP contribution in [0.25, 0.3) is 0 Å². The van der Waals surface area contributed by atoms with Crippen LogP contribution in [0, 0.1) is 11.3 Å². The summed E-state index contributed by atoms with van der Waals surface area (Å²) in [5, 5.41) is 9.53. The molecule has 1 N–H and O–H groups in total. The Labute approximate surface area is 57.1 Å². The van der Waals surface area contributed by atoms with E-state index in [0.29, 0.717) is 5.92 Å². The van der Waals surface area contributed by atoms with E-state index in [1.54, 1.807) is 0 Å². The Kier molecular flexibility index (Phi) is 1.55. The van der Waals surface area contributed by atoms with Gasteiger partial charge >= 0.3 is 0 Å². The second kappa shape index (κ2) is 1.98. The lowest BCUT2D eigenvalue weighted by atomic mass is 9.86. The van der Waals surface area contributed by atoms with Crippen LogP contribution in [-0.4, -0.2) is 11.2 Å². The number of aliphatic hydroxyl groups is 1. The average molecular weight is 128 g/mol. The Balaban J connectivity index is 2.40. The molecule has 0 aliphatic heterocycles. The summed E-state index contributed by atoms with van der Waals surface area (Å²) in [6, 6.07) is 0. The lowest BCUT2D eigenvalue weighted by molar-refractivity contribution is 0.0441. The molecule has 1 rings (SSSR count). The van der Waals surface area contributed by atoms with Crippen LogP contribution in [0.3, 0.4) is 0 Å². The monoisotopic (exact) mass is 128 g/mol. The van der Waals surface area contributed by atoms with Crippen molar-refractivity contribution in [2.24, 2.45) is 11.3 Å². The van der Waals surface area contributed by atoms with E-state index < -0.39 is 0 Å². The van der Waals surface area contributed by atoms with E-state index in [1.807, 2.05) is 0 Å². The maximum Gasteiger partial charge on any atom is 0.0616 e. The molecule has 0 amide bonds.